The summed E-state index contributed by atoms with van der Waals surface area (Å²) < 4.78 is 17.9. The number of hydrogen-bond donors (Lipinski definition) is 3. The van der Waals surface area contributed by atoms with Crippen LogP contribution >= 0.6 is 0 Å². The maximum absolute atomic E-state index is 13.1. The van der Waals surface area contributed by atoms with Crippen LogP contribution in [0.15, 0.2) is 12.1 Å². The summed E-state index contributed by atoms with van der Waals surface area (Å²) in [5.74, 6) is -2.26. The molecule has 0 unspecified atom stereocenters. The summed E-state index contributed by atoms with van der Waals surface area (Å²) in [6.07, 6.45) is 0. The maximum atomic E-state index is 13.1. The van der Waals surface area contributed by atoms with Crippen LogP contribution < -0.4 is 10.5 Å². The fourth-order valence-electron chi connectivity index (χ4n) is 1.02. The molecule has 82 valence electrons. The van der Waals surface area contributed by atoms with Gasteiger partial charge in [-0.25, -0.2) is 9.18 Å². The van der Waals surface area contributed by atoms with Crippen LogP contribution in [0.5, 0.6) is 5.75 Å². The zero-order valence-corrected chi connectivity index (χ0v) is 7.74. The van der Waals surface area contributed by atoms with E-state index in [4.69, 9.17) is 20.7 Å². The third-order valence-corrected chi connectivity index (χ3v) is 1.68. The van der Waals surface area contributed by atoms with E-state index in [-0.39, 0.29) is 30.2 Å². The standard InChI is InChI=1S/C9H10FNO4/c10-6-4-7(11)5(9(13)14)3-8(6)15-2-1-12/h3-4,12H,1-2,11H2,(H,13,14). The average Bonchev–Trinajstić information content (AvgIpc) is 2.16. The van der Waals surface area contributed by atoms with Gasteiger partial charge in [0.15, 0.2) is 11.6 Å². The van der Waals surface area contributed by atoms with E-state index in [0.717, 1.165) is 12.1 Å². The number of hydrogen-bond acceptors (Lipinski definition) is 4. The summed E-state index contributed by atoms with van der Waals surface area (Å²) >= 11 is 0. The first kappa shape index (κ1) is 11.3. The molecule has 4 N–H and O–H groups in total. The van der Waals surface area contributed by atoms with Crippen molar-refractivity contribution < 1.29 is 24.1 Å². The number of rotatable bonds is 4. The van der Waals surface area contributed by atoms with Crippen LogP contribution in [0.4, 0.5) is 10.1 Å². The normalized spacial score (nSPS) is 10.0. The number of benzene rings is 1. The monoisotopic (exact) mass is 215 g/mol. The average molecular weight is 215 g/mol. The van der Waals surface area contributed by atoms with Crippen molar-refractivity contribution >= 4 is 11.7 Å². The highest BCUT2D eigenvalue weighted by molar-refractivity contribution is 5.94. The number of carbonyl (C=O) groups is 1. The Morgan fingerprint density at radius 1 is 1.53 bits per heavy atom. The highest BCUT2D eigenvalue weighted by Crippen LogP contribution is 2.24. The molecule has 0 saturated carbocycles. The number of aromatic carboxylic acids is 1. The largest absolute Gasteiger partial charge is 0.488 e. The Kier molecular flexibility index (Phi) is 3.46. The van der Waals surface area contributed by atoms with Gasteiger partial charge in [0.25, 0.3) is 0 Å². The molecular formula is C9H10FNO4. The van der Waals surface area contributed by atoms with Crippen LogP contribution in [0.25, 0.3) is 0 Å². The first-order chi connectivity index (χ1) is 7.06. The summed E-state index contributed by atoms with van der Waals surface area (Å²) in [5.41, 5.74) is 4.89. The SMILES string of the molecule is Nc1cc(F)c(OCCO)cc1C(=O)O. The van der Waals surface area contributed by atoms with Crippen molar-refractivity contribution in [1.82, 2.24) is 0 Å². The summed E-state index contributed by atoms with van der Waals surface area (Å²) in [6.45, 7) is -0.397. The van der Waals surface area contributed by atoms with Crippen molar-refractivity contribution in [2.24, 2.45) is 0 Å². The van der Waals surface area contributed by atoms with E-state index in [9.17, 15) is 9.18 Å². The molecule has 1 rings (SSSR count). The van der Waals surface area contributed by atoms with E-state index in [1.54, 1.807) is 0 Å². The Bertz CT molecular complexity index is 381. The summed E-state index contributed by atoms with van der Waals surface area (Å²) in [6, 6.07) is 1.86. The fraction of sp³-hybridized carbons (Fsp3) is 0.222. The van der Waals surface area contributed by atoms with Gasteiger partial charge in [0.2, 0.25) is 0 Å². The molecule has 6 heteroatoms. The second kappa shape index (κ2) is 4.61. The van der Waals surface area contributed by atoms with Gasteiger partial charge >= 0.3 is 5.97 Å². The lowest BCUT2D eigenvalue weighted by atomic mass is 10.1. The van der Waals surface area contributed by atoms with Crippen LogP contribution in [0.2, 0.25) is 0 Å². The molecular weight excluding hydrogens is 205 g/mol. The van der Waals surface area contributed by atoms with Crippen molar-refractivity contribution in [1.29, 1.82) is 0 Å². The first-order valence-corrected chi connectivity index (χ1v) is 4.12. The Morgan fingerprint density at radius 2 is 2.20 bits per heavy atom. The Labute approximate surface area is 84.9 Å². The van der Waals surface area contributed by atoms with Crippen LogP contribution in [0.1, 0.15) is 10.4 Å². The Morgan fingerprint density at radius 3 is 2.73 bits per heavy atom. The van der Waals surface area contributed by atoms with E-state index in [1.165, 1.54) is 0 Å². The van der Waals surface area contributed by atoms with E-state index in [0.29, 0.717) is 0 Å². The second-order valence-corrected chi connectivity index (χ2v) is 2.75. The molecule has 0 atom stereocenters. The summed E-state index contributed by atoms with van der Waals surface area (Å²) in [4.78, 5) is 10.7. The third-order valence-electron chi connectivity index (χ3n) is 1.68. The number of halogens is 1. The minimum absolute atomic E-state index is 0.111. The molecule has 1 aromatic rings. The van der Waals surface area contributed by atoms with Gasteiger partial charge in [-0.3, -0.25) is 0 Å². The maximum Gasteiger partial charge on any atom is 0.337 e. The number of ether oxygens (including phenoxy) is 1. The quantitative estimate of drug-likeness (QED) is 0.635. The molecule has 0 fully saturated rings. The third kappa shape index (κ3) is 2.57. The van der Waals surface area contributed by atoms with Gasteiger partial charge in [-0.1, -0.05) is 0 Å². The van der Waals surface area contributed by atoms with Gasteiger partial charge in [0.1, 0.15) is 6.61 Å². The number of nitrogen functional groups attached to an aromatic ring is 1. The van der Waals surface area contributed by atoms with Crippen LogP contribution in [0, 0.1) is 5.82 Å². The van der Waals surface area contributed by atoms with Crippen molar-refractivity contribution in [3.63, 3.8) is 0 Å². The molecule has 0 spiro atoms. The van der Waals surface area contributed by atoms with Gasteiger partial charge in [0, 0.05) is 11.8 Å². The van der Waals surface area contributed by atoms with Gasteiger partial charge < -0.3 is 20.7 Å². The van der Waals surface area contributed by atoms with E-state index in [2.05, 4.69) is 0 Å². The van der Waals surface area contributed by atoms with E-state index >= 15 is 0 Å². The summed E-state index contributed by atoms with van der Waals surface area (Å²) in [7, 11) is 0. The van der Waals surface area contributed by atoms with Crippen LogP contribution in [0.3, 0.4) is 0 Å². The lowest BCUT2D eigenvalue weighted by molar-refractivity contribution is 0.0697. The highest BCUT2D eigenvalue weighted by atomic mass is 19.1. The van der Waals surface area contributed by atoms with E-state index < -0.39 is 11.8 Å². The molecule has 0 amide bonds. The number of carboxylic acid groups (broad SMARTS) is 1. The molecule has 1 aromatic carbocycles. The molecule has 0 aliphatic rings. The first-order valence-electron chi connectivity index (χ1n) is 4.12. The minimum atomic E-state index is -1.26. The predicted octanol–water partition coefficient (Wildman–Crippen LogP) is 0.477. The molecule has 0 saturated heterocycles. The number of aliphatic hydroxyl groups is 1. The molecule has 0 radical (unpaired) electrons. The van der Waals surface area contributed by atoms with Crippen molar-refractivity contribution in [3.8, 4) is 5.75 Å². The van der Waals surface area contributed by atoms with Gasteiger partial charge in [-0.05, 0) is 6.07 Å². The lowest BCUT2D eigenvalue weighted by Gasteiger charge is -2.08. The molecule has 0 heterocycles. The van der Waals surface area contributed by atoms with Gasteiger partial charge in [-0.2, -0.15) is 0 Å². The lowest BCUT2D eigenvalue weighted by Crippen LogP contribution is -2.07. The Balaban J connectivity index is 3.06. The van der Waals surface area contributed by atoms with Crippen molar-refractivity contribution in [2.75, 3.05) is 18.9 Å². The highest BCUT2D eigenvalue weighted by Gasteiger charge is 2.13. The minimum Gasteiger partial charge on any atom is -0.488 e. The molecule has 5 nitrogen and oxygen atoms in total. The fourth-order valence-corrected chi connectivity index (χ4v) is 1.02. The molecule has 15 heavy (non-hydrogen) atoms. The molecule has 0 aromatic heterocycles. The predicted molar refractivity (Wildman–Crippen MR) is 50.4 cm³/mol. The van der Waals surface area contributed by atoms with Crippen LogP contribution in [-0.2, 0) is 0 Å². The van der Waals surface area contributed by atoms with Gasteiger partial charge in [-0.15, -0.1) is 0 Å². The van der Waals surface area contributed by atoms with E-state index in [1.807, 2.05) is 0 Å². The molecule has 0 bridgehead atoms. The smallest absolute Gasteiger partial charge is 0.337 e. The number of carboxylic acids is 1. The second-order valence-electron chi connectivity index (χ2n) is 2.75. The number of nitrogens with two attached hydrogens (primary N) is 1. The Hall–Kier alpha value is -1.82. The summed E-state index contributed by atoms with van der Waals surface area (Å²) in [5, 5.41) is 17.2. The number of aliphatic hydroxyl groups excluding tert-OH is 1. The molecule has 0 aliphatic heterocycles. The number of anilines is 1. The van der Waals surface area contributed by atoms with Crippen molar-refractivity contribution in [3.05, 3.63) is 23.5 Å². The molecule has 0 aliphatic carbocycles. The van der Waals surface area contributed by atoms with Gasteiger partial charge in [0.05, 0.1) is 12.2 Å². The zero-order valence-electron chi connectivity index (χ0n) is 7.74. The van der Waals surface area contributed by atoms with Crippen LogP contribution in [-0.4, -0.2) is 29.4 Å². The topological polar surface area (TPSA) is 92.8 Å². The zero-order chi connectivity index (χ0) is 11.4. The van der Waals surface area contributed by atoms with Crippen molar-refractivity contribution in [2.45, 2.75) is 0 Å².